The van der Waals surface area contributed by atoms with Gasteiger partial charge >= 0.3 is 0 Å². The second-order valence-electron chi connectivity index (χ2n) is 5.19. The summed E-state index contributed by atoms with van der Waals surface area (Å²) in [6, 6.07) is 4.45. The molecule has 1 unspecified atom stereocenters. The zero-order valence-electron chi connectivity index (χ0n) is 13.0. The minimum Gasteiger partial charge on any atom is -0.496 e. The molecule has 19 heavy (non-hydrogen) atoms. The van der Waals surface area contributed by atoms with Gasteiger partial charge in [0.05, 0.1) is 25.9 Å². The van der Waals surface area contributed by atoms with Crippen molar-refractivity contribution < 1.29 is 9.47 Å². The van der Waals surface area contributed by atoms with E-state index in [1.54, 1.807) is 7.11 Å². The zero-order chi connectivity index (χ0) is 14.4. The summed E-state index contributed by atoms with van der Waals surface area (Å²) < 4.78 is 11.3. The Labute approximate surface area is 117 Å². The van der Waals surface area contributed by atoms with Crippen LogP contribution in [0.1, 0.15) is 43.5 Å². The number of methoxy groups -OCH3 is 1. The van der Waals surface area contributed by atoms with Crippen molar-refractivity contribution in [3.05, 3.63) is 28.8 Å². The first-order valence-corrected chi connectivity index (χ1v) is 6.99. The normalized spacial score (nSPS) is 12.8. The molecular formula is C16H27NO2. The van der Waals surface area contributed by atoms with Crippen LogP contribution >= 0.6 is 0 Å². The highest BCUT2D eigenvalue weighted by Gasteiger charge is 2.19. The molecule has 0 heterocycles. The molecule has 0 bridgehead atoms. The second kappa shape index (κ2) is 7.51. The average Bonchev–Trinajstić information content (AvgIpc) is 2.34. The Balaban J connectivity index is 3.06. The molecule has 0 spiro atoms. The van der Waals surface area contributed by atoms with Gasteiger partial charge in [-0.3, -0.25) is 0 Å². The van der Waals surface area contributed by atoms with Gasteiger partial charge in [-0.25, -0.2) is 0 Å². The molecular weight excluding hydrogens is 238 g/mol. The lowest BCUT2D eigenvalue weighted by atomic mass is 9.98. The summed E-state index contributed by atoms with van der Waals surface area (Å²) in [7, 11) is 1.73. The molecule has 1 atom stereocenters. The minimum atomic E-state index is 0.169. The number of likely N-dealkylation sites (N-methyl/N-ethyl adjacent to an activating group) is 1. The third kappa shape index (κ3) is 4.51. The number of ether oxygens (including phenoxy) is 2. The van der Waals surface area contributed by atoms with Crippen LogP contribution in [0.2, 0.25) is 0 Å². The molecule has 1 rings (SSSR count). The maximum absolute atomic E-state index is 5.78. The van der Waals surface area contributed by atoms with E-state index in [-0.39, 0.29) is 12.1 Å². The molecule has 0 amide bonds. The van der Waals surface area contributed by atoms with E-state index in [4.69, 9.17) is 9.47 Å². The van der Waals surface area contributed by atoms with E-state index >= 15 is 0 Å². The topological polar surface area (TPSA) is 30.5 Å². The van der Waals surface area contributed by atoms with Crippen LogP contribution in [0.5, 0.6) is 5.75 Å². The third-order valence-corrected chi connectivity index (χ3v) is 3.11. The van der Waals surface area contributed by atoms with E-state index in [1.165, 1.54) is 16.7 Å². The van der Waals surface area contributed by atoms with Crippen molar-refractivity contribution in [3.63, 3.8) is 0 Å². The van der Waals surface area contributed by atoms with Gasteiger partial charge in [0.1, 0.15) is 5.75 Å². The molecule has 0 aliphatic heterocycles. The Hall–Kier alpha value is -1.06. The van der Waals surface area contributed by atoms with Crippen molar-refractivity contribution in [1.82, 2.24) is 5.32 Å². The van der Waals surface area contributed by atoms with Gasteiger partial charge < -0.3 is 14.8 Å². The quantitative estimate of drug-likeness (QED) is 0.819. The smallest absolute Gasteiger partial charge is 0.124 e. The van der Waals surface area contributed by atoms with Crippen molar-refractivity contribution in [1.29, 1.82) is 0 Å². The van der Waals surface area contributed by atoms with Crippen molar-refractivity contribution in [3.8, 4) is 5.75 Å². The van der Waals surface area contributed by atoms with Crippen LogP contribution in [0.15, 0.2) is 12.1 Å². The molecule has 0 fully saturated rings. The standard InChI is InChI=1S/C16H27NO2/c1-7-17-14(10-19-11(2)3)16-13(5)8-12(4)9-15(16)18-6/h8-9,11,14,17H,7,10H2,1-6H3. The van der Waals surface area contributed by atoms with Crippen LogP contribution in [0.25, 0.3) is 0 Å². The van der Waals surface area contributed by atoms with Crippen molar-refractivity contribution in [2.75, 3.05) is 20.3 Å². The molecule has 0 aromatic heterocycles. The van der Waals surface area contributed by atoms with Crippen molar-refractivity contribution in [2.45, 2.75) is 46.8 Å². The summed E-state index contributed by atoms with van der Waals surface area (Å²) in [5.74, 6) is 0.941. The lowest BCUT2D eigenvalue weighted by Gasteiger charge is -2.24. The molecule has 1 aromatic carbocycles. The average molecular weight is 265 g/mol. The number of aryl methyl sites for hydroxylation is 2. The Bertz CT molecular complexity index is 402. The van der Waals surface area contributed by atoms with Crippen LogP contribution < -0.4 is 10.1 Å². The molecule has 0 aliphatic rings. The van der Waals surface area contributed by atoms with Gasteiger partial charge in [-0.1, -0.05) is 13.0 Å². The van der Waals surface area contributed by atoms with Crippen LogP contribution in [-0.4, -0.2) is 26.4 Å². The molecule has 3 nitrogen and oxygen atoms in total. The molecule has 1 N–H and O–H groups in total. The monoisotopic (exact) mass is 265 g/mol. The Morgan fingerprint density at radius 2 is 1.89 bits per heavy atom. The number of hydrogen-bond donors (Lipinski definition) is 1. The lowest BCUT2D eigenvalue weighted by Crippen LogP contribution is -2.27. The molecule has 3 heteroatoms. The fraction of sp³-hybridized carbons (Fsp3) is 0.625. The fourth-order valence-electron chi connectivity index (χ4n) is 2.33. The molecule has 0 saturated heterocycles. The summed E-state index contributed by atoms with van der Waals surface area (Å²) in [4.78, 5) is 0. The van der Waals surface area contributed by atoms with Crippen LogP contribution in [0, 0.1) is 13.8 Å². The first kappa shape index (κ1) is 16.0. The van der Waals surface area contributed by atoms with Gasteiger partial charge in [0.15, 0.2) is 0 Å². The number of benzene rings is 1. The predicted molar refractivity (Wildman–Crippen MR) is 80.0 cm³/mol. The van der Waals surface area contributed by atoms with E-state index in [0.717, 1.165) is 12.3 Å². The largest absolute Gasteiger partial charge is 0.496 e. The highest BCUT2D eigenvalue weighted by Crippen LogP contribution is 2.30. The molecule has 1 aromatic rings. The van der Waals surface area contributed by atoms with E-state index in [1.807, 2.05) is 0 Å². The number of rotatable bonds is 7. The number of nitrogens with one attached hydrogen (secondary N) is 1. The molecule has 108 valence electrons. The van der Waals surface area contributed by atoms with Gasteiger partial charge in [0, 0.05) is 5.56 Å². The summed E-state index contributed by atoms with van der Waals surface area (Å²) >= 11 is 0. The third-order valence-electron chi connectivity index (χ3n) is 3.11. The van der Waals surface area contributed by atoms with Crippen molar-refractivity contribution >= 4 is 0 Å². The zero-order valence-corrected chi connectivity index (χ0v) is 13.0. The fourth-order valence-corrected chi connectivity index (χ4v) is 2.33. The number of hydrogen-bond acceptors (Lipinski definition) is 3. The highest BCUT2D eigenvalue weighted by molar-refractivity contribution is 5.45. The Morgan fingerprint density at radius 1 is 1.21 bits per heavy atom. The molecule has 0 radical (unpaired) electrons. The second-order valence-corrected chi connectivity index (χ2v) is 5.19. The van der Waals surface area contributed by atoms with Gasteiger partial charge in [-0.15, -0.1) is 0 Å². The lowest BCUT2D eigenvalue weighted by molar-refractivity contribution is 0.0608. The van der Waals surface area contributed by atoms with Crippen LogP contribution in [-0.2, 0) is 4.74 Å². The molecule has 0 aliphatic carbocycles. The van der Waals surface area contributed by atoms with Crippen LogP contribution in [0.3, 0.4) is 0 Å². The summed E-state index contributed by atoms with van der Waals surface area (Å²) in [6.07, 6.45) is 0.234. The maximum atomic E-state index is 5.78. The maximum Gasteiger partial charge on any atom is 0.124 e. The van der Waals surface area contributed by atoms with Gasteiger partial charge in [0.25, 0.3) is 0 Å². The van der Waals surface area contributed by atoms with E-state index in [2.05, 4.69) is 52.1 Å². The van der Waals surface area contributed by atoms with Gasteiger partial charge in [0.2, 0.25) is 0 Å². The van der Waals surface area contributed by atoms with Gasteiger partial charge in [-0.2, -0.15) is 0 Å². The highest BCUT2D eigenvalue weighted by atomic mass is 16.5. The Kier molecular flexibility index (Phi) is 6.32. The SMILES string of the molecule is CCNC(COC(C)C)c1c(C)cc(C)cc1OC. The Morgan fingerprint density at radius 3 is 2.42 bits per heavy atom. The first-order chi connectivity index (χ1) is 8.99. The first-order valence-electron chi connectivity index (χ1n) is 6.99. The summed E-state index contributed by atoms with van der Waals surface area (Å²) in [5.41, 5.74) is 3.67. The summed E-state index contributed by atoms with van der Waals surface area (Å²) in [6.45, 7) is 12.0. The minimum absolute atomic E-state index is 0.169. The van der Waals surface area contributed by atoms with Gasteiger partial charge in [-0.05, 0) is 51.4 Å². The molecule has 0 saturated carbocycles. The van der Waals surface area contributed by atoms with E-state index in [9.17, 15) is 0 Å². The van der Waals surface area contributed by atoms with E-state index < -0.39 is 0 Å². The van der Waals surface area contributed by atoms with Crippen LogP contribution in [0.4, 0.5) is 0 Å². The van der Waals surface area contributed by atoms with E-state index in [0.29, 0.717) is 6.61 Å². The summed E-state index contributed by atoms with van der Waals surface area (Å²) in [5, 5.41) is 3.48. The predicted octanol–water partition coefficient (Wildman–Crippen LogP) is 3.39. The van der Waals surface area contributed by atoms with Crippen molar-refractivity contribution in [2.24, 2.45) is 0 Å².